The second-order valence-electron chi connectivity index (χ2n) is 5.13. The van der Waals surface area contributed by atoms with E-state index in [1.54, 1.807) is 0 Å². The molecule has 1 N–H and O–H groups in total. The summed E-state index contributed by atoms with van der Waals surface area (Å²) in [6, 6.07) is 8.77. The van der Waals surface area contributed by atoms with E-state index in [0.29, 0.717) is 0 Å². The topological polar surface area (TPSA) is 86.1 Å². The number of carboxylic acids is 1. The molecule has 0 aliphatic carbocycles. The molecular formula is C14H19N3O2Si. The minimum atomic E-state index is -2.13. The Morgan fingerprint density at radius 3 is 2.45 bits per heavy atom. The van der Waals surface area contributed by atoms with Gasteiger partial charge in [0, 0.05) is 4.91 Å². The molecule has 0 saturated heterocycles. The van der Waals surface area contributed by atoms with Crippen molar-refractivity contribution in [2.45, 2.75) is 31.6 Å². The number of allylic oxidation sites excluding steroid dienone is 1. The highest BCUT2D eigenvalue weighted by Gasteiger charge is 2.40. The van der Waals surface area contributed by atoms with Gasteiger partial charge in [-0.1, -0.05) is 65.9 Å². The summed E-state index contributed by atoms with van der Waals surface area (Å²) in [5.74, 6) is -1.08. The van der Waals surface area contributed by atoms with E-state index in [1.807, 2.05) is 49.4 Å². The van der Waals surface area contributed by atoms with Crippen molar-refractivity contribution in [3.8, 4) is 0 Å². The van der Waals surface area contributed by atoms with Gasteiger partial charge < -0.3 is 5.11 Å². The molecule has 0 amide bonds. The zero-order valence-corrected chi connectivity index (χ0v) is 12.9. The summed E-state index contributed by atoms with van der Waals surface area (Å²) in [6.07, 6.45) is 3.68. The fourth-order valence-corrected chi connectivity index (χ4v) is 5.45. The first-order chi connectivity index (χ1) is 9.45. The van der Waals surface area contributed by atoms with Crippen LogP contribution in [0, 0.1) is 0 Å². The molecule has 0 aliphatic rings. The van der Waals surface area contributed by atoms with E-state index < -0.39 is 20.1 Å². The smallest absolute Gasteiger partial charge is 0.312 e. The average Bonchev–Trinajstić information content (AvgIpc) is 2.43. The van der Waals surface area contributed by atoms with Gasteiger partial charge in [0.25, 0.3) is 0 Å². The maximum absolute atomic E-state index is 11.4. The molecule has 0 aromatic heterocycles. The van der Waals surface area contributed by atoms with Gasteiger partial charge in [-0.15, -0.1) is 0 Å². The van der Waals surface area contributed by atoms with Gasteiger partial charge in [-0.25, -0.2) is 0 Å². The van der Waals surface area contributed by atoms with Gasteiger partial charge in [0.1, 0.15) is 6.04 Å². The monoisotopic (exact) mass is 289 g/mol. The fraction of sp³-hybridized carbons (Fsp3) is 0.357. The Hall–Kier alpha value is -2.04. The van der Waals surface area contributed by atoms with Crippen LogP contribution in [0.3, 0.4) is 0 Å². The Kier molecular flexibility index (Phi) is 5.55. The maximum Gasteiger partial charge on any atom is 0.312 e. The SMILES string of the molecule is C/C=C/[C@H]([C@H](N=[N+]=[N-])C(=O)O)[Si](C)(C)c1ccccc1. The highest BCUT2D eigenvalue weighted by Crippen LogP contribution is 2.29. The number of rotatable bonds is 6. The van der Waals surface area contributed by atoms with Crippen molar-refractivity contribution in [1.82, 2.24) is 0 Å². The lowest BCUT2D eigenvalue weighted by Crippen LogP contribution is -2.50. The molecule has 20 heavy (non-hydrogen) atoms. The van der Waals surface area contributed by atoms with Crippen LogP contribution in [0.1, 0.15) is 6.92 Å². The van der Waals surface area contributed by atoms with Gasteiger partial charge in [0.15, 0.2) is 0 Å². The predicted octanol–water partition coefficient (Wildman–Crippen LogP) is 3.31. The highest BCUT2D eigenvalue weighted by atomic mass is 28.3. The van der Waals surface area contributed by atoms with E-state index in [9.17, 15) is 9.90 Å². The van der Waals surface area contributed by atoms with Crippen molar-refractivity contribution in [3.63, 3.8) is 0 Å². The molecule has 1 aromatic carbocycles. The zero-order valence-electron chi connectivity index (χ0n) is 11.9. The van der Waals surface area contributed by atoms with Crippen LogP contribution in [0.5, 0.6) is 0 Å². The quantitative estimate of drug-likeness (QED) is 0.286. The van der Waals surface area contributed by atoms with Gasteiger partial charge in [-0.05, 0) is 18.0 Å². The van der Waals surface area contributed by atoms with Crippen molar-refractivity contribution in [1.29, 1.82) is 0 Å². The molecule has 6 heteroatoms. The van der Waals surface area contributed by atoms with Crippen LogP contribution in [0.4, 0.5) is 0 Å². The summed E-state index contributed by atoms with van der Waals surface area (Å²) in [4.78, 5) is 14.1. The first-order valence-electron chi connectivity index (χ1n) is 6.40. The predicted molar refractivity (Wildman–Crippen MR) is 82.7 cm³/mol. The van der Waals surface area contributed by atoms with Gasteiger partial charge in [0.2, 0.25) is 0 Å². The minimum absolute atomic E-state index is 0.289. The number of aliphatic carboxylic acids is 1. The number of hydrogen-bond acceptors (Lipinski definition) is 2. The summed E-state index contributed by atoms with van der Waals surface area (Å²) >= 11 is 0. The Bertz CT molecular complexity index is 535. The summed E-state index contributed by atoms with van der Waals surface area (Å²) in [7, 11) is -2.13. The number of azide groups is 1. The van der Waals surface area contributed by atoms with Crippen LogP contribution in [-0.2, 0) is 4.79 Å². The standard InChI is InChI=1S/C14H19N3O2Si/c1-4-8-12(13(14(18)19)16-17-15)20(2,3)11-9-6-5-7-10-11/h4-10,12-13H,1-3H3,(H,18,19)/b8-4+/t12-,13+/m1/s1. The molecule has 0 spiro atoms. The molecule has 0 heterocycles. The van der Waals surface area contributed by atoms with Gasteiger partial charge >= 0.3 is 5.97 Å². The average molecular weight is 289 g/mol. The maximum atomic E-state index is 11.4. The first kappa shape index (κ1) is 16.0. The second kappa shape index (κ2) is 6.93. The van der Waals surface area contributed by atoms with E-state index in [2.05, 4.69) is 23.1 Å². The highest BCUT2D eigenvalue weighted by molar-refractivity contribution is 6.91. The number of carboxylic acid groups (broad SMARTS) is 1. The van der Waals surface area contributed by atoms with E-state index in [0.717, 1.165) is 5.19 Å². The van der Waals surface area contributed by atoms with E-state index >= 15 is 0 Å². The Morgan fingerprint density at radius 1 is 1.40 bits per heavy atom. The van der Waals surface area contributed by atoms with Crippen LogP contribution in [0.2, 0.25) is 18.6 Å². The van der Waals surface area contributed by atoms with Crippen molar-refractivity contribution in [2.24, 2.45) is 5.11 Å². The first-order valence-corrected chi connectivity index (χ1v) is 9.48. The van der Waals surface area contributed by atoms with E-state index in [-0.39, 0.29) is 5.54 Å². The van der Waals surface area contributed by atoms with Gasteiger partial charge in [-0.2, -0.15) is 0 Å². The van der Waals surface area contributed by atoms with Crippen LogP contribution >= 0.6 is 0 Å². The molecular weight excluding hydrogens is 270 g/mol. The molecule has 0 saturated carbocycles. The molecule has 0 fully saturated rings. The zero-order chi connectivity index (χ0) is 15.2. The van der Waals surface area contributed by atoms with Crippen LogP contribution < -0.4 is 5.19 Å². The van der Waals surface area contributed by atoms with E-state index in [1.165, 1.54) is 0 Å². The second-order valence-corrected chi connectivity index (χ2v) is 9.81. The summed E-state index contributed by atoms with van der Waals surface area (Å²) in [5, 5.41) is 14.0. The van der Waals surface area contributed by atoms with Crippen molar-refractivity contribution in [3.05, 3.63) is 52.9 Å². The van der Waals surface area contributed by atoms with Crippen LogP contribution in [0.15, 0.2) is 47.6 Å². The number of hydrogen-bond donors (Lipinski definition) is 1. The summed E-state index contributed by atoms with van der Waals surface area (Å²) in [6.45, 7) is 6.03. The molecule has 0 aliphatic heterocycles. The molecule has 106 valence electrons. The third-order valence-electron chi connectivity index (χ3n) is 3.52. The molecule has 1 aromatic rings. The fourth-order valence-electron chi connectivity index (χ4n) is 2.34. The van der Waals surface area contributed by atoms with Crippen molar-refractivity contribution >= 4 is 19.2 Å². The van der Waals surface area contributed by atoms with Crippen LogP contribution in [-0.4, -0.2) is 25.2 Å². The van der Waals surface area contributed by atoms with Crippen molar-refractivity contribution in [2.75, 3.05) is 0 Å². The number of benzene rings is 1. The number of nitrogens with zero attached hydrogens (tertiary/aromatic N) is 3. The number of carbonyl (C=O) groups is 1. The van der Waals surface area contributed by atoms with Crippen LogP contribution in [0.25, 0.3) is 10.4 Å². The molecule has 0 bridgehead atoms. The van der Waals surface area contributed by atoms with Gasteiger partial charge in [-0.3, -0.25) is 4.79 Å². The molecule has 1 rings (SSSR count). The summed E-state index contributed by atoms with van der Waals surface area (Å²) < 4.78 is 0. The van der Waals surface area contributed by atoms with Crippen molar-refractivity contribution < 1.29 is 9.90 Å². The largest absolute Gasteiger partial charge is 0.481 e. The minimum Gasteiger partial charge on any atom is -0.481 e. The lowest BCUT2D eigenvalue weighted by molar-refractivity contribution is -0.138. The third kappa shape index (κ3) is 3.50. The Labute approximate surface area is 119 Å². The lowest BCUT2D eigenvalue weighted by Gasteiger charge is -2.33. The molecule has 5 nitrogen and oxygen atoms in total. The molecule has 0 radical (unpaired) electrons. The molecule has 2 atom stereocenters. The Balaban J connectivity index is 3.31. The third-order valence-corrected chi connectivity index (χ3v) is 7.52. The Morgan fingerprint density at radius 2 is 2.00 bits per heavy atom. The molecule has 0 unspecified atom stereocenters. The lowest BCUT2D eigenvalue weighted by atomic mass is 10.2. The van der Waals surface area contributed by atoms with Gasteiger partial charge in [0.05, 0.1) is 8.07 Å². The normalized spacial score (nSPS) is 14.6. The van der Waals surface area contributed by atoms with E-state index in [4.69, 9.17) is 5.53 Å². The summed E-state index contributed by atoms with van der Waals surface area (Å²) in [5.41, 5.74) is 8.34.